The van der Waals surface area contributed by atoms with Crippen molar-refractivity contribution in [3.8, 4) is 5.75 Å². The molecule has 2 fully saturated rings. The van der Waals surface area contributed by atoms with Crippen molar-refractivity contribution in [2.75, 3.05) is 26.3 Å². The SMILES string of the molecule is CC(=O)N[C@@H]1[C@@H](O)[C@H](O)[C@@H](CO)O[C@H]1NC(=O)C[C@H](NC(=O)[C@H](C)NC(=O)[C@H](CC(=O)O)NC(=O)[C@@H](NC(=O)[C@H](CC(N)=O)NC(=O)CN)C(C)C)C(=O)N1CCC[C@H]1C(=O)N[C@@H](C)C(=O)N[C@@H](Cc1ccc(O)cc1)C(=O)N[C@@H](CO)C(=O)O. The highest BCUT2D eigenvalue weighted by Gasteiger charge is 2.47. The third-order valence-corrected chi connectivity index (χ3v) is 13.3. The molecule has 12 amide bonds. The van der Waals surface area contributed by atoms with Crippen molar-refractivity contribution < 1.29 is 108 Å². The maximum Gasteiger partial charge on any atom is 0.328 e. The van der Waals surface area contributed by atoms with E-state index in [0.717, 1.165) is 18.7 Å². The molecule has 21 N–H and O–H groups in total. The Kier molecular flexibility index (Phi) is 27.4. The van der Waals surface area contributed by atoms with Crippen LogP contribution in [0.2, 0.25) is 0 Å². The van der Waals surface area contributed by atoms with E-state index in [1.54, 1.807) is 0 Å². The second-order valence-electron chi connectivity index (χ2n) is 20.4. The summed E-state index contributed by atoms with van der Waals surface area (Å²) >= 11 is 0. The molecular weight excluding hydrogens is 1130 g/mol. The molecule has 0 spiro atoms. The number of nitrogens with two attached hydrogens (primary N) is 2. The van der Waals surface area contributed by atoms with E-state index in [1.165, 1.54) is 45.0 Å². The number of nitrogens with one attached hydrogen (secondary N) is 10. The fourth-order valence-corrected chi connectivity index (χ4v) is 8.72. The molecule has 14 atom stereocenters. The summed E-state index contributed by atoms with van der Waals surface area (Å²) in [4.78, 5) is 184. The van der Waals surface area contributed by atoms with Crippen LogP contribution < -0.4 is 64.6 Å². The maximum absolute atomic E-state index is 14.7. The van der Waals surface area contributed by atoms with Gasteiger partial charge in [0.15, 0.2) is 6.23 Å². The van der Waals surface area contributed by atoms with Crippen molar-refractivity contribution >= 4 is 82.8 Å². The molecule has 2 heterocycles. The standard InChI is InChI=1S/C50H75N13O22/c1-20(2)37(62-45(79)27(14-33(52)68)56-35(70)17-51)47(81)58-28(16-36(71)72)43(77)53-21(3)42(76)59-29(15-34(69)61-48-38(55-23(5)66)40(74)39(73)32(19-65)85-48)49(82)63-12-6-7-31(63)46(80)54-22(4)41(75)57-26(13-24-8-10-25(67)11-9-24)44(78)60-30(18-64)50(83)84/h8-11,20-22,26-32,37-40,48,64-65,67,73-74H,6-7,12-19,51H2,1-5H3,(H2,52,68)(H,53,77)(H,54,80)(H,55,66)(H,56,70)(H,57,75)(H,58,81)(H,59,76)(H,60,78)(H,61,69)(H,62,79)(H,71,72)(H,83,84)/t21-,22-,26-,27-,28-,29-,30-,31-,32+,37-,38+,39+,40+,48+/m0/s1. The average molecular weight is 1210 g/mol. The van der Waals surface area contributed by atoms with Gasteiger partial charge in [-0.25, -0.2) is 4.79 Å². The molecule has 2 saturated heterocycles. The Morgan fingerprint density at radius 1 is 0.647 bits per heavy atom. The van der Waals surface area contributed by atoms with Gasteiger partial charge in [0.05, 0.1) is 39.0 Å². The van der Waals surface area contributed by atoms with Gasteiger partial charge in [-0.1, -0.05) is 26.0 Å². The van der Waals surface area contributed by atoms with E-state index in [-0.39, 0.29) is 31.6 Å². The van der Waals surface area contributed by atoms with Crippen LogP contribution in [0.15, 0.2) is 24.3 Å². The molecule has 2 aliphatic heterocycles. The number of carboxylic acid groups (broad SMARTS) is 2. The number of phenolic OH excluding ortho intramolecular Hbond substituents is 1. The number of ether oxygens (including phenoxy) is 1. The molecule has 35 heteroatoms. The summed E-state index contributed by atoms with van der Waals surface area (Å²) in [6.45, 7) is 3.42. The molecule has 0 radical (unpaired) electrons. The van der Waals surface area contributed by atoms with Crippen LogP contribution in [0.5, 0.6) is 5.75 Å². The van der Waals surface area contributed by atoms with Gasteiger partial charge in [0.25, 0.3) is 0 Å². The summed E-state index contributed by atoms with van der Waals surface area (Å²) in [5.41, 5.74) is 10.9. The lowest BCUT2D eigenvalue weighted by molar-refractivity contribution is -0.203. The van der Waals surface area contributed by atoms with E-state index >= 15 is 0 Å². The third kappa shape index (κ3) is 21.5. The Balaban J connectivity index is 1.93. The number of carboxylic acids is 2. The van der Waals surface area contributed by atoms with Crippen LogP contribution in [0.1, 0.15) is 72.3 Å². The lowest BCUT2D eigenvalue weighted by Gasteiger charge is -2.42. The van der Waals surface area contributed by atoms with Gasteiger partial charge in [-0.15, -0.1) is 0 Å². The molecule has 1 aromatic carbocycles. The van der Waals surface area contributed by atoms with Crippen LogP contribution >= 0.6 is 0 Å². The number of aliphatic hydroxyl groups excluding tert-OH is 4. The molecule has 0 saturated carbocycles. The first-order valence-electron chi connectivity index (χ1n) is 26.6. The molecule has 0 aliphatic carbocycles. The van der Waals surface area contributed by atoms with E-state index < -0.39 is 213 Å². The zero-order chi connectivity index (χ0) is 64.2. The molecule has 0 aromatic heterocycles. The molecule has 3 rings (SSSR count). The van der Waals surface area contributed by atoms with E-state index in [9.17, 15) is 103 Å². The second-order valence-corrected chi connectivity index (χ2v) is 20.4. The van der Waals surface area contributed by atoms with Crippen molar-refractivity contribution in [2.24, 2.45) is 17.4 Å². The predicted octanol–water partition coefficient (Wildman–Crippen LogP) is -9.66. The van der Waals surface area contributed by atoms with E-state index in [2.05, 4.69) is 53.2 Å². The minimum atomic E-state index is -2.00. The van der Waals surface area contributed by atoms with Crippen LogP contribution in [-0.4, -0.2) is 235 Å². The number of nitrogens with zero attached hydrogens (tertiary/aromatic N) is 1. The van der Waals surface area contributed by atoms with Crippen molar-refractivity contribution in [3.05, 3.63) is 29.8 Å². The first kappa shape index (κ1) is 70.6. The molecule has 472 valence electrons. The molecule has 35 nitrogen and oxygen atoms in total. The Labute approximate surface area is 484 Å². The van der Waals surface area contributed by atoms with Gasteiger partial charge in [-0.05, 0) is 50.3 Å². The van der Waals surface area contributed by atoms with Gasteiger partial charge in [0.2, 0.25) is 70.9 Å². The van der Waals surface area contributed by atoms with Crippen molar-refractivity contribution in [1.29, 1.82) is 0 Å². The van der Waals surface area contributed by atoms with Gasteiger partial charge in [-0.3, -0.25) is 62.3 Å². The number of carbonyl (C=O) groups excluding carboxylic acids is 12. The Hall–Kier alpha value is -8.64. The fourth-order valence-electron chi connectivity index (χ4n) is 8.72. The molecule has 0 unspecified atom stereocenters. The van der Waals surface area contributed by atoms with Crippen LogP contribution in [0, 0.1) is 5.92 Å². The minimum Gasteiger partial charge on any atom is -0.508 e. The van der Waals surface area contributed by atoms with Gasteiger partial charge in [-0.2, -0.15) is 0 Å². The summed E-state index contributed by atoms with van der Waals surface area (Å²) in [6.07, 6.45) is -10.0. The van der Waals surface area contributed by atoms with Gasteiger partial charge >= 0.3 is 11.9 Å². The number of phenols is 1. The number of hydrogen-bond acceptors (Lipinski definition) is 21. The minimum absolute atomic E-state index is 0.0806. The Morgan fingerprint density at radius 3 is 1.74 bits per heavy atom. The number of hydrogen-bond donors (Lipinski definition) is 19. The smallest absolute Gasteiger partial charge is 0.328 e. The summed E-state index contributed by atoms with van der Waals surface area (Å²) in [5.74, 6) is -17.0. The van der Waals surface area contributed by atoms with Crippen molar-refractivity contribution in [2.45, 2.75) is 158 Å². The molecular formula is C50H75N13O22. The Morgan fingerprint density at radius 2 is 1.20 bits per heavy atom. The first-order valence-corrected chi connectivity index (χ1v) is 26.6. The van der Waals surface area contributed by atoms with E-state index in [4.69, 9.17) is 16.2 Å². The second kappa shape index (κ2) is 33.0. The van der Waals surface area contributed by atoms with E-state index in [1.807, 2.05) is 0 Å². The fraction of sp³-hybridized carbons (Fsp3) is 0.600. The maximum atomic E-state index is 14.7. The highest BCUT2D eigenvalue weighted by molar-refractivity contribution is 6.00. The number of benzene rings is 1. The van der Waals surface area contributed by atoms with Gasteiger partial charge < -0.3 is 110 Å². The highest BCUT2D eigenvalue weighted by atomic mass is 16.5. The number of amides is 12. The number of carbonyl (C=O) groups is 14. The highest BCUT2D eigenvalue weighted by Crippen LogP contribution is 2.23. The number of aliphatic hydroxyl groups is 4. The van der Waals surface area contributed by atoms with Crippen molar-refractivity contribution in [3.63, 3.8) is 0 Å². The summed E-state index contributed by atoms with van der Waals surface area (Å²) in [6, 6.07) is -11.4. The number of aliphatic carboxylic acids is 2. The number of primary amides is 1. The number of aromatic hydroxyl groups is 1. The monoisotopic (exact) mass is 1210 g/mol. The largest absolute Gasteiger partial charge is 0.508 e. The van der Waals surface area contributed by atoms with E-state index in [0.29, 0.717) is 5.56 Å². The van der Waals surface area contributed by atoms with Crippen LogP contribution in [0.3, 0.4) is 0 Å². The lowest BCUT2D eigenvalue weighted by Crippen LogP contribution is -2.68. The van der Waals surface area contributed by atoms with Crippen LogP contribution in [0.25, 0.3) is 0 Å². The zero-order valence-electron chi connectivity index (χ0n) is 46.9. The topological polar surface area (TPSA) is 565 Å². The van der Waals surface area contributed by atoms with Gasteiger partial charge in [0, 0.05) is 19.9 Å². The third-order valence-electron chi connectivity index (χ3n) is 13.3. The zero-order valence-corrected chi connectivity index (χ0v) is 46.9. The summed E-state index contributed by atoms with van der Waals surface area (Å²) < 4.78 is 5.56. The van der Waals surface area contributed by atoms with Crippen molar-refractivity contribution in [1.82, 2.24) is 58.1 Å². The normalized spacial score (nSPS) is 21.0. The molecule has 2 aliphatic rings. The first-order chi connectivity index (χ1) is 39.8. The number of likely N-dealkylation sites (tertiary alicyclic amines) is 1. The van der Waals surface area contributed by atoms with Crippen LogP contribution in [0.4, 0.5) is 0 Å². The molecule has 1 aromatic rings. The summed E-state index contributed by atoms with van der Waals surface area (Å²) in [5, 5.41) is 92.2. The average Bonchev–Trinajstić information content (AvgIpc) is 4.15. The molecule has 0 bridgehead atoms. The van der Waals surface area contributed by atoms with Gasteiger partial charge in [0.1, 0.15) is 84.5 Å². The summed E-state index contributed by atoms with van der Waals surface area (Å²) in [7, 11) is 0. The van der Waals surface area contributed by atoms with Crippen LogP contribution in [-0.2, 0) is 78.3 Å². The lowest BCUT2D eigenvalue weighted by atomic mass is 9.95. The Bertz CT molecular complexity index is 2630. The number of rotatable bonds is 31. The molecule has 85 heavy (non-hydrogen) atoms. The predicted molar refractivity (Wildman–Crippen MR) is 286 cm³/mol. The quantitative estimate of drug-likeness (QED) is 0.0328.